The minimum absolute atomic E-state index is 0.0652. The molecule has 0 radical (unpaired) electrons. The highest BCUT2D eigenvalue weighted by Gasteiger charge is 2.15. The van der Waals surface area contributed by atoms with Gasteiger partial charge in [0.05, 0.1) is 5.56 Å². The van der Waals surface area contributed by atoms with Crippen molar-refractivity contribution in [1.29, 1.82) is 0 Å². The lowest BCUT2D eigenvalue weighted by Crippen LogP contribution is -2.44. The average Bonchev–Trinajstić information content (AvgIpc) is 2.58. The van der Waals surface area contributed by atoms with Crippen LogP contribution in [0.1, 0.15) is 36.0 Å². The van der Waals surface area contributed by atoms with Crippen LogP contribution in [-0.4, -0.2) is 67.3 Å². The Bertz CT molecular complexity index is 470. The van der Waals surface area contributed by atoms with E-state index < -0.39 is 0 Å². The Morgan fingerprint density at radius 1 is 1.17 bits per heavy atom. The second kappa shape index (κ2) is 9.47. The van der Waals surface area contributed by atoms with Gasteiger partial charge in [0, 0.05) is 45.5 Å². The lowest BCUT2D eigenvalue weighted by molar-refractivity contribution is 0.0952. The molecule has 2 N–H and O–H groups in total. The number of carbonyl (C=O) groups excluding carboxylic acids is 1. The van der Waals surface area contributed by atoms with Crippen LogP contribution in [0.4, 0.5) is 5.82 Å². The molecule has 6 heteroatoms. The maximum absolute atomic E-state index is 12.1. The monoisotopic (exact) mass is 320 g/mol. The van der Waals surface area contributed by atoms with Crippen LogP contribution in [0.25, 0.3) is 0 Å². The lowest BCUT2D eigenvalue weighted by Gasteiger charge is -2.33. The van der Waals surface area contributed by atoms with Gasteiger partial charge in [0.1, 0.15) is 5.82 Å². The molecule has 0 spiro atoms. The molecule has 1 aliphatic heterocycles. The zero-order chi connectivity index (χ0) is 16.5. The highest BCUT2D eigenvalue weighted by Crippen LogP contribution is 2.13. The summed E-state index contributed by atoms with van der Waals surface area (Å²) in [7, 11) is 2.13. The van der Waals surface area contributed by atoms with Crippen molar-refractivity contribution in [3.8, 4) is 0 Å². The zero-order valence-corrected chi connectivity index (χ0v) is 14.0. The second-order valence-electron chi connectivity index (χ2n) is 6.09. The van der Waals surface area contributed by atoms with Gasteiger partial charge < -0.3 is 20.2 Å². The van der Waals surface area contributed by atoms with Crippen LogP contribution < -0.4 is 10.2 Å². The molecule has 1 amide bonds. The van der Waals surface area contributed by atoms with Crippen LogP contribution in [-0.2, 0) is 0 Å². The predicted molar refractivity (Wildman–Crippen MR) is 91.8 cm³/mol. The molecular weight excluding hydrogens is 292 g/mol. The SMILES string of the molecule is CN1CCN(c2ccc(C(=O)NCCCCCCO)cn2)CC1. The van der Waals surface area contributed by atoms with Crippen molar-refractivity contribution < 1.29 is 9.90 Å². The molecule has 2 rings (SSSR count). The Morgan fingerprint density at radius 2 is 1.91 bits per heavy atom. The first-order valence-corrected chi connectivity index (χ1v) is 8.49. The summed E-state index contributed by atoms with van der Waals surface area (Å²) in [5, 5.41) is 11.6. The van der Waals surface area contributed by atoms with E-state index in [9.17, 15) is 4.79 Å². The molecule has 0 atom stereocenters. The number of pyridine rings is 1. The van der Waals surface area contributed by atoms with Gasteiger partial charge in [0.15, 0.2) is 0 Å². The fourth-order valence-corrected chi connectivity index (χ4v) is 2.64. The number of hydrogen-bond donors (Lipinski definition) is 2. The van der Waals surface area contributed by atoms with Crippen molar-refractivity contribution in [1.82, 2.24) is 15.2 Å². The van der Waals surface area contributed by atoms with E-state index in [0.29, 0.717) is 12.1 Å². The summed E-state index contributed by atoms with van der Waals surface area (Å²) in [6, 6.07) is 3.78. The van der Waals surface area contributed by atoms with Gasteiger partial charge in [0.2, 0.25) is 0 Å². The number of nitrogens with one attached hydrogen (secondary N) is 1. The predicted octanol–water partition coefficient (Wildman–Crippen LogP) is 1.12. The number of hydrogen-bond acceptors (Lipinski definition) is 5. The van der Waals surface area contributed by atoms with Crippen molar-refractivity contribution in [3.05, 3.63) is 23.9 Å². The minimum atomic E-state index is -0.0652. The van der Waals surface area contributed by atoms with Gasteiger partial charge in [-0.2, -0.15) is 0 Å². The molecule has 1 fully saturated rings. The van der Waals surface area contributed by atoms with E-state index in [-0.39, 0.29) is 12.5 Å². The number of aliphatic hydroxyl groups is 1. The summed E-state index contributed by atoms with van der Waals surface area (Å²) in [6.45, 7) is 4.95. The summed E-state index contributed by atoms with van der Waals surface area (Å²) < 4.78 is 0. The number of carbonyl (C=O) groups is 1. The summed E-state index contributed by atoms with van der Waals surface area (Å²) in [5.41, 5.74) is 0.609. The highest BCUT2D eigenvalue weighted by atomic mass is 16.2. The standard InChI is InChI=1S/C17H28N4O2/c1-20-9-11-21(12-10-20)16-7-6-15(14-19-16)17(23)18-8-4-2-3-5-13-22/h6-7,14,22H,2-5,8-13H2,1H3,(H,18,23). The minimum Gasteiger partial charge on any atom is -0.396 e. The molecule has 128 valence electrons. The number of aliphatic hydroxyl groups excluding tert-OH is 1. The molecule has 0 aliphatic carbocycles. The normalized spacial score (nSPS) is 15.7. The van der Waals surface area contributed by atoms with Gasteiger partial charge in [-0.05, 0) is 32.0 Å². The van der Waals surface area contributed by atoms with Gasteiger partial charge >= 0.3 is 0 Å². The van der Waals surface area contributed by atoms with E-state index in [2.05, 4.69) is 27.1 Å². The molecule has 0 bridgehead atoms. The number of rotatable bonds is 8. The van der Waals surface area contributed by atoms with Crippen molar-refractivity contribution in [3.63, 3.8) is 0 Å². The second-order valence-corrected chi connectivity index (χ2v) is 6.09. The van der Waals surface area contributed by atoms with E-state index in [1.807, 2.05) is 12.1 Å². The fourth-order valence-electron chi connectivity index (χ4n) is 2.64. The van der Waals surface area contributed by atoms with Gasteiger partial charge in [0.25, 0.3) is 5.91 Å². The third-order valence-electron chi connectivity index (χ3n) is 4.21. The molecule has 1 aromatic heterocycles. The fraction of sp³-hybridized carbons (Fsp3) is 0.647. The highest BCUT2D eigenvalue weighted by molar-refractivity contribution is 5.94. The molecule has 1 saturated heterocycles. The van der Waals surface area contributed by atoms with E-state index >= 15 is 0 Å². The molecule has 1 aromatic rings. The summed E-state index contributed by atoms with van der Waals surface area (Å²) >= 11 is 0. The van der Waals surface area contributed by atoms with E-state index in [4.69, 9.17) is 5.11 Å². The number of anilines is 1. The van der Waals surface area contributed by atoms with Gasteiger partial charge in [-0.15, -0.1) is 0 Å². The first-order valence-electron chi connectivity index (χ1n) is 8.49. The number of piperazine rings is 1. The van der Waals surface area contributed by atoms with E-state index in [1.54, 1.807) is 6.20 Å². The van der Waals surface area contributed by atoms with Crippen LogP contribution in [0, 0.1) is 0 Å². The number of nitrogens with zero attached hydrogens (tertiary/aromatic N) is 3. The number of amides is 1. The van der Waals surface area contributed by atoms with Crippen molar-refractivity contribution >= 4 is 11.7 Å². The number of aromatic nitrogens is 1. The number of likely N-dealkylation sites (N-methyl/N-ethyl adjacent to an activating group) is 1. The van der Waals surface area contributed by atoms with Crippen molar-refractivity contribution in [2.45, 2.75) is 25.7 Å². The maximum atomic E-state index is 12.1. The number of unbranched alkanes of at least 4 members (excludes halogenated alkanes) is 3. The first kappa shape index (κ1) is 17.7. The van der Waals surface area contributed by atoms with E-state index in [0.717, 1.165) is 57.7 Å². The molecule has 2 heterocycles. The molecule has 0 saturated carbocycles. The molecule has 6 nitrogen and oxygen atoms in total. The maximum Gasteiger partial charge on any atom is 0.252 e. The van der Waals surface area contributed by atoms with Gasteiger partial charge in [-0.25, -0.2) is 4.98 Å². The van der Waals surface area contributed by atoms with Gasteiger partial charge in [-0.3, -0.25) is 4.79 Å². The Balaban J connectivity index is 1.74. The van der Waals surface area contributed by atoms with Crippen LogP contribution in [0.5, 0.6) is 0 Å². The van der Waals surface area contributed by atoms with Crippen LogP contribution >= 0.6 is 0 Å². The summed E-state index contributed by atoms with van der Waals surface area (Å²) in [6.07, 6.45) is 5.48. The largest absolute Gasteiger partial charge is 0.396 e. The molecule has 0 aromatic carbocycles. The van der Waals surface area contributed by atoms with E-state index in [1.165, 1.54) is 0 Å². The average molecular weight is 320 g/mol. The Hall–Kier alpha value is -1.66. The van der Waals surface area contributed by atoms with Crippen LogP contribution in [0.15, 0.2) is 18.3 Å². The van der Waals surface area contributed by atoms with Crippen molar-refractivity contribution in [2.24, 2.45) is 0 Å². The Labute approximate surface area is 138 Å². The lowest BCUT2D eigenvalue weighted by atomic mass is 10.2. The summed E-state index contributed by atoms with van der Waals surface area (Å²) in [4.78, 5) is 21.0. The Kier molecular flexibility index (Phi) is 7.29. The molecular formula is C17H28N4O2. The topological polar surface area (TPSA) is 68.7 Å². The quantitative estimate of drug-likeness (QED) is 0.703. The molecule has 23 heavy (non-hydrogen) atoms. The smallest absolute Gasteiger partial charge is 0.252 e. The van der Waals surface area contributed by atoms with Gasteiger partial charge in [-0.1, -0.05) is 12.8 Å². The van der Waals surface area contributed by atoms with Crippen molar-refractivity contribution in [2.75, 3.05) is 51.3 Å². The third-order valence-corrected chi connectivity index (χ3v) is 4.21. The van der Waals surface area contributed by atoms with Crippen LogP contribution in [0.2, 0.25) is 0 Å². The summed E-state index contributed by atoms with van der Waals surface area (Å²) in [5.74, 6) is 0.878. The molecule has 0 unspecified atom stereocenters. The zero-order valence-electron chi connectivity index (χ0n) is 14.0. The molecule has 1 aliphatic rings. The Morgan fingerprint density at radius 3 is 2.57 bits per heavy atom. The third kappa shape index (κ3) is 5.80. The first-order chi connectivity index (χ1) is 11.2. The van der Waals surface area contributed by atoms with Crippen LogP contribution in [0.3, 0.4) is 0 Å².